The number of nitrogen functional groups attached to an aromatic ring is 1. The first kappa shape index (κ1) is 16.6. The molecule has 2 aromatic rings. The van der Waals surface area contributed by atoms with Crippen molar-refractivity contribution in [1.82, 2.24) is 0 Å². The van der Waals surface area contributed by atoms with Crippen LogP contribution in [0.25, 0.3) is 11.1 Å². The van der Waals surface area contributed by atoms with Gasteiger partial charge in [0.05, 0.1) is 0 Å². The monoisotopic (exact) mass is 295 g/mol. The molecule has 0 aromatic heterocycles. The summed E-state index contributed by atoms with van der Waals surface area (Å²) in [4.78, 5) is 0. The molecule has 0 aliphatic carbocycles. The zero-order valence-electron chi connectivity index (χ0n) is 15.0. The van der Waals surface area contributed by atoms with Crippen LogP contribution in [0.2, 0.25) is 0 Å². The highest BCUT2D eigenvalue weighted by atomic mass is 14.6. The van der Waals surface area contributed by atoms with Crippen molar-refractivity contribution in [3.63, 3.8) is 0 Å². The Morgan fingerprint density at radius 3 is 1.45 bits per heavy atom. The van der Waals surface area contributed by atoms with Gasteiger partial charge in [0, 0.05) is 5.69 Å². The lowest BCUT2D eigenvalue weighted by Crippen LogP contribution is -2.20. The van der Waals surface area contributed by atoms with E-state index in [-0.39, 0.29) is 10.8 Å². The van der Waals surface area contributed by atoms with Crippen LogP contribution in [0, 0.1) is 6.92 Å². The first-order valence-corrected chi connectivity index (χ1v) is 8.01. The van der Waals surface area contributed by atoms with Gasteiger partial charge in [-0.15, -0.1) is 0 Å². The van der Waals surface area contributed by atoms with Crippen LogP contribution >= 0.6 is 0 Å². The smallest absolute Gasteiger partial charge is 0.0390 e. The van der Waals surface area contributed by atoms with E-state index in [1.54, 1.807) is 0 Å². The number of aryl methyl sites for hydroxylation is 1. The van der Waals surface area contributed by atoms with Gasteiger partial charge in [-0.2, -0.15) is 0 Å². The first-order valence-electron chi connectivity index (χ1n) is 8.01. The zero-order valence-corrected chi connectivity index (χ0v) is 15.0. The third-order valence-electron chi connectivity index (χ3n) is 4.18. The number of rotatable bonds is 1. The van der Waals surface area contributed by atoms with E-state index in [0.29, 0.717) is 0 Å². The van der Waals surface area contributed by atoms with Gasteiger partial charge in [0.1, 0.15) is 0 Å². The molecule has 0 spiro atoms. The predicted octanol–water partition coefficient (Wildman–Crippen LogP) is 5.84. The summed E-state index contributed by atoms with van der Waals surface area (Å²) >= 11 is 0. The molecule has 0 saturated carbocycles. The fraction of sp³-hybridized carbons (Fsp3) is 0.429. The van der Waals surface area contributed by atoms with Gasteiger partial charge in [-0.25, -0.2) is 0 Å². The third kappa shape index (κ3) is 3.35. The summed E-state index contributed by atoms with van der Waals surface area (Å²) in [5.74, 6) is 0. The summed E-state index contributed by atoms with van der Waals surface area (Å²) in [5, 5.41) is 0. The lowest BCUT2D eigenvalue weighted by Gasteiger charge is -2.29. The van der Waals surface area contributed by atoms with Gasteiger partial charge < -0.3 is 5.73 Å². The second-order valence-corrected chi connectivity index (χ2v) is 8.35. The molecule has 0 unspecified atom stereocenters. The summed E-state index contributed by atoms with van der Waals surface area (Å²) in [6, 6.07) is 13.2. The van der Waals surface area contributed by atoms with E-state index in [9.17, 15) is 0 Å². The summed E-state index contributed by atoms with van der Waals surface area (Å²) in [6.45, 7) is 15.5. The van der Waals surface area contributed by atoms with Gasteiger partial charge in [0.25, 0.3) is 0 Å². The minimum absolute atomic E-state index is 0.0325. The number of nitrogens with two attached hydrogens (primary N) is 1. The summed E-state index contributed by atoms with van der Waals surface area (Å²) in [7, 11) is 0. The summed E-state index contributed by atoms with van der Waals surface area (Å²) < 4.78 is 0. The van der Waals surface area contributed by atoms with E-state index in [2.05, 4.69) is 84.9 Å². The molecule has 2 rings (SSSR count). The van der Waals surface area contributed by atoms with Crippen molar-refractivity contribution in [2.75, 3.05) is 5.73 Å². The van der Waals surface area contributed by atoms with Crippen molar-refractivity contribution in [3.05, 3.63) is 53.1 Å². The molecule has 0 fully saturated rings. The minimum Gasteiger partial charge on any atom is -0.398 e. The minimum atomic E-state index is 0.0325. The highest BCUT2D eigenvalue weighted by Crippen LogP contribution is 2.39. The lowest BCUT2D eigenvalue weighted by molar-refractivity contribution is 0.573. The number of hydrogen-bond donors (Lipinski definition) is 1. The Balaban J connectivity index is 2.73. The predicted molar refractivity (Wildman–Crippen MR) is 98.4 cm³/mol. The van der Waals surface area contributed by atoms with E-state index < -0.39 is 0 Å². The van der Waals surface area contributed by atoms with Crippen LogP contribution < -0.4 is 5.73 Å². The van der Waals surface area contributed by atoms with Crippen LogP contribution in [-0.4, -0.2) is 0 Å². The van der Waals surface area contributed by atoms with E-state index in [1.165, 1.54) is 27.8 Å². The van der Waals surface area contributed by atoms with E-state index in [1.807, 2.05) is 0 Å². The van der Waals surface area contributed by atoms with Crippen LogP contribution in [0.15, 0.2) is 36.4 Å². The van der Waals surface area contributed by atoms with Gasteiger partial charge >= 0.3 is 0 Å². The van der Waals surface area contributed by atoms with Crippen LogP contribution in [0.4, 0.5) is 5.69 Å². The zero-order chi connectivity index (χ0) is 16.7. The van der Waals surface area contributed by atoms with Gasteiger partial charge in [0.15, 0.2) is 0 Å². The molecular formula is C21H29N. The number of anilines is 1. The molecule has 0 radical (unpaired) electrons. The van der Waals surface area contributed by atoms with Gasteiger partial charge in [-0.05, 0) is 52.1 Å². The summed E-state index contributed by atoms with van der Waals surface area (Å²) in [5.41, 5.74) is 13.8. The maximum atomic E-state index is 6.53. The molecule has 0 heterocycles. The van der Waals surface area contributed by atoms with Crippen molar-refractivity contribution in [2.45, 2.75) is 59.3 Å². The molecule has 0 saturated heterocycles. The Morgan fingerprint density at radius 1 is 0.682 bits per heavy atom. The molecule has 0 aliphatic heterocycles. The second-order valence-electron chi connectivity index (χ2n) is 8.35. The SMILES string of the molecule is Cc1ccc(-c2cc(C(C)(C)C)c(N)c(C(C)(C)C)c2)cc1. The first-order chi connectivity index (χ1) is 10.00. The number of benzene rings is 2. The van der Waals surface area contributed by atoms with Gasteiger partial charge in [-0.3, -0.25) is 0 Å². The van der Waals surface area contributed by atoms with E-state index >= 15 is 0 Å². The maximum Gasteiger partial charge on any atom is 0.0390 e. The van der Waals surface area contributed by atoms with Crippen LogP contribution in [0.1, 0.15) is 58.2 Å². The maximum absolute atomic E-state index is 6.53. The van der Waals surface area contributed by atoms with Gasteiger partial charge in [-0.1, -0.05) is 71.4 Å². The van der Waals surface area contributed by atoms with Crippen LogP contribution in [0.5, 0.6) is 0 Å². The highest BCUT2D eigenvalue weighted by molar-refractivity contribution is 5.72. The third-order valence-corrected chi connectivity index (χ3v) is 4.18. The highest BCUT2D eigenvalue weighted by Gasteiger charge is 2.25. The second kappa shape index (κ2) is 5.46. The molecule has 1 nitrogen and oxygen atoms in total. The molecule has 22 heavy (non-hydrogen) atoms. The van der Waals surface area contributed by atoms with E-state index in [4.69, 9.17) is 5.73 Å². The van der Waals surface area contributed by atoms with Crippen molar-refractivity contribution in [3.8, 4) is 11.1 Å². The lowest BCUT2D eigenvalue weighted by atomic mass is 9.77. The quantitative estimate of drug-likeness (QED) is 0.657. The molecule has 118 valence electrons. The Hall–Kier alpha value is -1.76. The Morgan fingerprint density at radius 2 is 1.09 bits per heavy atom. The fourth-order valence-corrected chi connectivity index (χ4v) is 2.81. The molecule has 2 aromatic carbocycles. The van der Waals surface area contributed by atoms with E-state index in [0.717, 1.165) is 5.69 Å². The molecule has 0 atom stereocenters. The van der Waals surface area contributed by atoms with Crippen molar-refractivity contribution < 1.29 is 0 Å². The molecule has 2 N–H and O–H groups in total. The fourth-order valence-electron chi connectivity index (χ4n) is 2.81. The number of hydrogen-bond acceptors (Lipinski definition) is 1. The molecular weight excluding hydrogens is 266 g/mol. The average Bonchev–Trinajstić information content (AvgIpc) is 2.37. The van der Waals surface area contributed by atoms with Crippen molar-refractivity contribution >= 4 is 5.69 Å². The summed E-state index contributed by atoms with van der Waals surface area (Å²) in [6.07, 6.45) is 0. The topological polar surface area (TPSA) is 26.0 Å². The Kier molecular flexibility index (Phi) is 4.12. The Bertz CT molecular complexity index is 630. The Labute approximate surface area is 135 Å². The molecule has 1 heteroatoms. The van der Waals surface area contributed by atoms with Crippen LogP contribution in [0.3, 0.4) is 0 Å². The molecule has 0 bridgehead atoms. The average molecular weight is 295 g/mol. The molecule has 0 amide bonds. The van der Waals surface area contributed by atoms with Crippen molar-refractivity contribution in [1.29, 1.82) is 0 Å². The largest absolute Gasteiger partial charge is 0.398 e. The normalized spacial score (nSPS) is 12.5. The van der Waals surface area contributed by atoms with Gasteiger partial charge in [0.2, 0.25) is 0 Å². The molecule has 0 aliphatic rings. The van der Waals surface area contributed by atoms with Crippen LogP contribution in [-0.2, 0) is 10.8 Å². The van der Waals surface area contributed by atoms with Crippen molar-refractivity contribution in [2.24, 2.45) is 0 Å². The standard InChI is InChI=1S/C21H29N/c1-14-8-10-15(11-9-14)16-12-17(20(2,3)4)19(22)18(13-16)21(5,6)7/h8-13H,22H2,1-7H3.